The van der Waals surface area contributed by atoms with Gasteiger partial charge in [-0.25, -0.2) is 4.98 Å². The molecular weight excluding hydrogens is 256 g/mol. The predicted molar refractivity (Wildman–Crippen MR) is 62.3 cm³/mol. The molecule has 0 N–H and O–H groups in total. The van der Waals surface area contributed by atoms with E-state index < -0.39 is 0 Å². The Morgan fingerprint density at radius 1 is 1.40 bits per heavy atom. The number of hydrogen-bond donors (Lipinski definition) is 0. The summed E-state index contributed by atoms with van der Waals surface area (Å²) in [5, 5.41) is 0. The largest absolute Gasteiger partial charge is 0.270 e. The van der Waals surface area contributed by atoms with Crippen molar-refractivity contribution in [3.8, 4) is 5.82 Å². The highest BCUT2D eigenvalue weighted by atomic mass is 79.9. The first kappa shape index (κ1) is 10.1. The van der Waals surface area contributed by atoms with Crippen LogP contribution in [-0.2, 0) is 0 Å². The van der Waals surface area contributed by atoms with Crippen molar-refractivity contribution in [1.82, 2.24) is 9.55 Å². The van der Waals surface area contributed by atoms with Crippen LogP contribution in [0.5, 0.6) is 0 Å². The van der Waals surface area contributed by atoms with Crippen molar-refractivity contribution in [1.29, 1.82) is 0 Å². The summed E-state index contributed by atoms with van der Waals surface area (Å²) in [5.74, 6) is 0.631. The number of pyridine rings is 2. The molecule has 76 valence electrons. The van der Waals surface area contributed by atoms with Gasteiger partial charge in [0, 0.05) is 12.4 Å². The second-order valence-corrected chi connectivity index (χ2v) is 4.08. The van der Waals surface area contributed by atoms with Crippen molar-refractivity contribution in [2.24, 2.45) is 0 Å². The van der Waals surface area contributed by atoms with Gasteiger partial charge in [-0.2, -0.15) is 0 Å². The number of aromatic nitrogens is 2. The molecule has 2 heterocycles. The van der Waals surface area contributed by atoms with E-state index in [1.807, 2.05) is 19.1 Å². The summed E-state index contributed by atoms with van der Waals surface area (Å²) in [6.07, 6.45) is 3.44. The molecule has 0 fully saturated rings. The average Bonchev–Trinajstić information content (AvgIpc) is 2.24. The Hall–Kier alpha value is -1.42. The molecule has 4 heteroatoms. The van der Waals surface area contributed by atoms with Gasteiger partial charge < -0.3 is 0 Å². The highest BCUT2D eigenvalue weighted by Crippen LogP contribution is 2.08. The third kappa shape index (κ3) is 1.99. The average molecular weight is 265 g/mol. The molecule has 0 bridgehead atoms. The summed E-state index contributed by atoms with van der Waals surface area (Å²) in [6, 6.07) is 7.26. The van der Waals surface area contributed by atoms with E-state index in [2.05, 4.69) is 20.9 Å². The lowest BCUT2D eigenvalue weighted by Crippen LogP contribution is -2.19. The number of nitrogens with zero attached hydrogens (tertiary/aromatic N) is 2. The first-order valence-corrected chi connectivity index (χ1v) is 5.28. The van der Waals surface area contributed by atoms with E-state index in [1.165, 1.54) is 4.57 Å². The van der Waals surface area contributed by atoms with Gasteiger partial charge >= 0.3 is 0 Å². The molecule has 0 atom stereocenters. The molecule has 2 aromatic rings. The van der Waals surface area contributed by atoms with Crippen molar-refractivity contribution in [2.75, 3.05) is 0 Å². The molecular formula is C11H9BrN2O. The highest BCUT2D eigenvalue weighted by molar-refractivity contribution is 9.10. The number of hydrogen-bond acceptors (Lipinski definition) is 2. The van der Waals surface area contributed by atoms with Gasteiger partial charge in [0.05, 0.1) is 4.47 Å². The van der Waals surface area contributed by atoms with E-state index in [1.54, 1.807) is 24.5 Å². The number of rotatable bonds is 1. The predicted octanol–water partition coefficient (Wildman–Crippen LogP) is 2.30. The minimum atomic E-state index is -0.0979. The highest BCUT2D eigenvalue weighted by Gasteiger charge is 2.04. The molecule has 0 aromatic carbocycles. The number of aryl methyl sites for hydroxylation is 1. The van der Waals surface area contributed by atoms with E-state index in [0.717, 1.165) is 5.56 Å². The fourth-order valence-electron chi connectivity index (χ4n) is 1.34. The normalized spacial score (nSPS) is 10.3. The third-order valence-corrected chi connectivity index (χ3v) is 2.57. The topological polar surface area (TPSA) is 34.9 Å². The smallest absolute Gasteiger partial charge is 0.268 e. The Labute approximate surface area is 95.5 Å². The van der Waals surface area contributed by atoms with Crippen molar-refractivity contribution in [3.63, 3.8) is 0 Å². The van der Waals surface area contributed by atoms with Gasteiger partial charge in [0.1, 0.15) is 5.82 Å². The standard InChI is InChI=1S/C11H9BrN2O/c1-8-6-9(12)11(15)14(7-8)10-4-2-3-5-13-10/h2-7H,1H3. The molecule has 2 aromatic heterocycles. The van der Waals surface area contributed by atoms with Crippen molar-refractivity contribution >= 4 is 15.9 Å². The van der Waals surface area contributed by atoms with Crippen LogP contribution in [0.15, 0.2) is 45.9 Å². The van der Waals surface area contributed by atoms with Crippen molar-refractivity contribution < 1.29 is 0 Å². The van der Waals surface area contributed by atoms with Gasteiger partial charge in [0.15, 0.2) is 0 Å². The van der Waals surface area contributed by atoms with Crippen LogP contribution in [0.4, 0.5) is 0 Å². The van der Waals surface area contributed by atoms with E-state index in [9.17, 15) is 4.79 Å². The minimum absolute atomic E-state index is 0.0979. The zero-order valence-corrected chi connectivity index (χ0v) is 9.73. The van der Waals surface area contributed by atoms with Crippen LogP contribution in [0, 0.1) is 6.92 Å². The second-order valence-electron chi connectivity index (χ2n) is 3.23. The molecule has 0 spiro atoms. The second kappa shape index (κ2) is 3.98. The molecule has 0 radical (unpaired) electrons. The van der Waals surface area contributed by atoms with Crippen molar-refractivity contribution in [2.45, 2.75) is 6.92 Å². The molecule has 0 aliphatic rings. The quantitative estimate of drug-likeness (QED) is 0.793. The van der Waals surface area contributed by atoms with Crippen LogP contribution < -0.4 is 5.56 Å². The summed E-state index contributed by atoms with van der Waals surface area (Å²) in [4.78, 5) is 15.9. The third-order valence-electron chi connectivity index (χ3n) is 2.01. The van der Waals surface area contributed by atoms with Crippen molar-refractivity contribution in [3.05, 3.63) is 57.0 Å². The van der Waals surface area contributed by atoms with E-state index >= 15 is 0 Å². The molecule has 3 nitrogen and oxygen atoms in total. The Kier molecular flexibility index (Phi) is 2.68. The van der Waals surface area contributed by atoms with Crippen LogP contribution in [-0.4, -0.2) is 9.55 Å². The van der Waals surface area contributed by atoms with Crippen LogP contribution in [0.2, 0.25) is 0 Å². The summed E-state index contributed by atoms with van der Waals surface area (Å²) >= 11 is 3.23. The summed E-state index contributed by atoms with van der Waals surface area (Å²) in [6.45, 7) is 1.93. The first-order valence-electron chi connectivity index (χ1n) is 4.49. The first-order chi connectivity index (χ1) is 7.18. The lowest BCUT2D eigenvalue weighted by atomic mass is 10.3. The van der Waals surface area contributed by atoms with Crippen LogP contribution in [0.25, 0.3) is 5.82 Å². The Bertz CT molecular complexity index is 534. The molecule has 0 saturated heterocycles. The molecule has 0 saturated carbocycles. The van der Waals surface area contributed by atoms with Gasteiger partial charge in [-0.15, -0.1) is 0 Å². The molecule has 15 heavy (non-hydrogen) atoms. The molecule has 0 amide bonds. The lowest BCUT2D eigenvalue weighted by Gasteiger charge is -2.05. The SMILES string of the molecule is Cc1cc(Br)c(=O)n(-c2ccccn2)c1. The zero-order chi connectivity index (χ0) is 10.8. The maximum Gasteiger partial charge on any atom is 0.270 e. The number of halogens is 1. The monoisotopic (exact) mass is 264 g/mol. The summed E-state index contributed by atoms with van der Waals surface area (Å²) in [5.41, 5.74) is 0.909. The Balaban J connectivity index is 2.69. The van der Waals surface area contributed by atoms with Gasteiger partial charge in [0.2, 0.25) is 0 Å². The molecule has 0 unspecified atom stereocenters. The van der Waals surface area contributed by atoms with Gasteiger partial charge in [0.25, 0.3) is 5.56 Å². The molecule has 0 aliphatic carbocycles. The maximum atomic E-state index is 11.8. The lowest BCUT2D eigenvalue weighted by molar-refractivity contribution is 0.923. The molecule has 0 aliphatic heterocycles. The van der Waals surface area contributed by atoms with Crippen LogP contribution in [0.3, 0.4) is 0 Å². The zero-order valence-electron chi connectivity index (χ0n) is 8.14. The van der Waals surface area contributed by atoms with E-state index in [0.29, 0.717) is 10.3 Å². The molecule has 2 rings (SSSR count). The van der Waals surface area contributed by atoms with E-state index in [4.69, 9.17) is 0 Å². The Morgan fingerprint density at radius 2 is 2.20 bits per heavy atom. The van der Waals surface area contributed by atoms with E-state index in [-0.39, 0.29) is 5.56 Å². The minimum Gasteiger partial charge on any atom is -0.268 e. The van der Waals surface area contributed by atoms with Gasteiger partial charge in [-0.1, -0.05) is 6.07 Å². The summed E-state index contributed by atoms with van der Waals surface area (Å²) in [7, 11) is 0. The van der Waals surface area contributed by atoms with Gasteiger partial charge in [-0.3, -0.25) is 9.36 Å². The van der Waals surface area contributed by atoms with Crippen LogP contribution >= 0.6 is 15.9 Å². The maximum absolute atomic E-state index is 11.8. The Morgan fingerprint density at radius 3 is 2.87 bits per heavy atom. The fourth-order valence-corrected chi connectivity index (χ4v) is 1.89. The fraction of sp³-hybridized carbons (Fsp3) is 0.0909. The van der Waals surface area contributed by atoms with Gasteiger partial charge in [-0.05, 0) is 46.6 Å². The summed E-state index contributed by atoms with van der Waals surface area (Å²) < 4.78 is 2.08. The van der Waals surface area contributed by atoms with Crippen LogP contribution in [0.1, 0.15) is 5.56 Å².